The van der Waals surface area contributed by atoms with Crippen molar-refractivity contribution in [2.24, 2.45) is 4.99 Å². The van der Waals surface area contributed by atoms with E-state index in [1.165, 1.54) is 16.8 Å². The van der Waals surface area contributed by atoms with Gasteiger partial charge in [-0.25, -0.2) is 15.0 Å². The molecule has 0 radical (unpaired) electrons. The number of aromatic nitrogens is 2. The van der Waals surface area contributed by atoms with Crippen LogP contribution in [-0.2, 0) is 10.1 Å². The van der Waals surface area contributed by atoms with Gasteiger partial charge in [-0.05, 0) is 50.6 Å². The smallest absolute Gasteiger partial charge is 0.343 e. The van der Waals surface area contributed by atoms with E-state index in [1.807, 2.05) is 18.4 Å². The number of thioether (sulfide) groups is 2. The van der Waals surface area contributed by atoms with Crippen LogP contribution >= 0.6 is 23.5 Å². The quantitative estimate of drug-likeness (QED) is 0.303. The van der Waals surface area contributed by atoms with Crippen molar-refractivity contribution in [2.75, 3.05) is 19.6 Å². The zero-order chi connectivity index (χ0) is 26.4. The molecule has 0 saturated heterocycles. The van der Waals surface area contributed by atoms with Gasteiger partial charge in [0, 0.05) is 7.05 Å². The molecule has 0 spiro atoms. The van der Waals surface area contributed by atoms with E-state index in [0.717, 1.165) is 22.3 Å². The lowest BCUT2D eigenvalue weighted by Crippen LogP contribution is -2.21. The fraction of sp³-hybridized carbons (Fsp3) is 0.318. The summed E-state index contributed by atoms with van der Waals surface area (Å²) in [7, 11) is -3.75. The monoisotopic (exact) mass is 546 g/mol. The van der Waals surface area contributed by atoms with Crippen LogP contribution in [0.5, 0.6) is 0 Å². The average Bonchev–Trinajstić information content (AvgIpc) is 3.19. The summed E-state index contributed by atoms with van der Waals surface area (Å²) >= 11 is 3.33. The lowest BCUT2D eigenvalue weighted by molar-refractivity contribution is -0.0510. The van der Waals surface area contributed by atoms with Crippen molar-refractivity contribution in [2.45, 2.75) is 30.0 Å². The second kappa shape index (κ2) is 12.1. The molecule has 0 saturated carbocycles. The molecule has 7 nitrogen and oxygen atoms in total. The number of hydrogen-bond acceptors (Lipinski definition) is 8. The molecule has 0 bridgehead atoms. The number of halogens is 3. The second-order valence-electron chi connectivity index (χ2n) is 7.30. The van der Waals surface area contributed by atoms with E-state index < -0.39 is 15.6 Å². The Morgan fingerprint density at radius 1 is 1.00 bits per heavy atom. The van der Waals surface area contributed by atoms with E-state index in [-0.39, 0.29) is 5.50 Å². The van der Waals surface area contributed by atoms with E-state index in [9.17, 15) is 13.2 Å². The molecule has 1 unspecified atom stereocenters. The van der Waals surface area contributed by atoms with Crippen molar-refractivity contribution in [1.82, 2.24) is 14.9 Å². The topological polar surface area (TPSA) is 95.8 Å². The predicted octanol–water partition coefficient (Wildman–Crippen LogP) is 5.43. The third-order valence-corrected chi connectivity index (χ3v) is 6.60. The van der Waals surface area contributed by atoms with Crippen molar-refractivity contribution in [3.8, 4) is 11.4 Å². The van der Waals surface area contributed by atoms with Crippen molar-refractivity contribution in [3.63, 3.8) is 0 Å². The minimum Gasteiger partial charge on any atom is -0.343 e. The molecule has 0 aromatic heterocycles. The van der Waals surface area contributed by atoms with Crippen LogP contribution in [0.2, 0.25) is 0 Å². The van der Waals surface area contributed by atoms with Gasteiger partial charge in [0.05, 0.1) is 22.8 Å². The summed E-state index contributed by atoms with van der Waals surface area (Å²) in [6.07, 6.45) is 12.6. The van der Waals surface area contributed by atoms with Crippen LogP contribution in [0.4, 0.5) is 13.2 Å². The van der Waals surface area contributed by atoms with Gasteiger partial charge in [-0.15, -0.1) is 11.8 Å². The third kappa shape index (κ3) is 8.09. The Labute approximate surface area is 211 Å². The van der Waals surface area contributed by atoms with Crippen LogP contribution in [0.1, 0.15) is 12.5 Å². The number of hydrogen-bond donors (Lipinski definition) is 1. The zero-order valence-electron chi connectivity index (χ0n) is 19.6. The second-order valence-corrected chi connectivity index (χ2v) is 10.4. The summed E-state index contributed by atoms with van der Waals surface area (Å²) in [5.74, 6) is 0. The molecule has 35 heavy (non-hydrogen) atoms. The Morgan fingerprint density at radius 3 is 2.00 bits per heavy atom. The first kappa shape index (κ1) is 28.9. The molecule has 0 aromatic rings. The number of allylic oxidation sites excluding steroid dienone is 5. The van der Waals surface area contributed by atoms with E-state index >= 15 is 0 Å². The van der Waals surface area contributed by atoms with Gasteiger partial charge in [-0.1, -0.05) is 47.2 Å². The normalized spacial score (nSPS) is 17.2. The van der Waals surface area contributed by atoms with Crippen molar-refractivity contribution in [1.29, 1.82) is 0 Å². The van der Waals surface area contributed by atoms with Crippen molar-refractivity contribution < 1.29 is 26.1 Å². The Balaban J connectivity index is 0.000000193. The molecule has 0 fully saturated rings. The number of aryl methyl sites for hydroxylation is 1. The number of aliphatic imine (C=N–C) groups is 1. The maximum atomic E-state index is 10.7. The molecule has 2 aliphatic heterocycles. The first-order chi connectivity index (χ1) is 16.3. The molecule has 0 aromatic carbocycles. The number of rotatable bonds is 2. The Morgan fingerprint density at radius 2 is 1.54 bits per heavy atom. The molecule has 1 atom stereocenters. The standard InChI is InChI=1S/C11H14N2S.C10H10N2S.CHF3O3S/c1-8-4-6-9-10(7-5-8)13(2)11(12-9)14-3;1-7-3-5-8-9(6-4-7)12-10(11-8)13-2;2-1(3,4)8(5,6)7/h4-7,11H,1-3H3;3-6H,1-2H3;(H,5,6,7). The minimum atomic E-state index is -5.84. The van der Waals surface area contributed by atoms with Gasteiger partial charge in [0.2, 0.25) is 0 Å². The van der Waals surface area contributed by atoms with E-state index in [4.69, 9.17) is 13.0 Å². The summed E-state index contributed by atoms with van der Waals surface area (Å²) in [6, 6.07) is 8.14. The third-order valence-electron chi connectivity index (χ3n) is 4.62. The van der Waals surface area contributed by atoms with Gasteiger partial charge in [0.15, 0.2) is 10.7 Å². The molecule has 190 valence electrons. The SMILES string of the molecule is CSC1N=C2C=CC(C)=CC=C2N1C.CSc1nc2ccc(C)ccc-2n1.O=S(=O)(O)C(F)(F)F. The van der Waals surface area contributed by atoms with Gasteiger partial charge in [-0.3, -0.25) is 4.55 Å². The fourth-order valence-electron chi connectivity index (χ4n) is 2.75. The highest BCUT2D eigenvalue weighted by molar-refractivity contribution is 7.99. The molecule has 4 rings (SSSR count). The molecule has 1 N–H and O–H groups in total. The highest BCUT2D eigenvalue weighted by Crippen LogP contribution is 2.27. The van der Waals surface area contributed by atoms with E-state index in [2.05, 4.69) is 83.4 Å². The summed E-state index contributed by atoms with van der Waals surface area (Å²) in [4.78, 5) is 15.6. The molecule has 2 aliphatic carbocycles. The van der Waals surface area contributed by atoms with Crippen molar-refractivity contribution in [3.05, 3.63) is 65.4 Å². The number of alkyl halides is 3. The predicted molar refractivity (Wildman–Crippen MR) is 136 cm³/mol. The highest BCUT2D eigenvalue weighted by atomic mass is 32.2. The lowest BCUT2D eigenvalue weighted by atomic mass is 10.2. The molecular formula is C22H25F3N4O3S3. The Hall–Kier alpha value is -2.35. The van der Waals surface area contributed by atoms with Gasteiger partial charge in [-0.2, -0.15) is 21.6 Å². The molecule has 0 amide bonds. The zero-order valence-corrected chi connectivity index (χ0v) is 22.1. The maximum absolute atomic E-state index is 10.7. The highest BCUT2D eigenvalue weighted by Gasteiger charge is 2.44. The first-order valence-electron chi connectivity index (χ1n) is 9.99. The molecule has 4 aliphatic rings. The van der Waals surface area contributed by atoms with Gasteiger partial charge in [0.1, 0.15) is 0 Å². The summed E-state index contributed by atoms with van der Waals surface area (Å²) in [5.41, 5.74) is 1.46. The minimum absolute atomic E-state index is 0.243. The Kier molecular flexibility index (Phi) is 9.95. The van der Waals surface area contributed by atoms with Gasteiger partial charge < -0.3 is 4.90 Å². The van der Waals surface area contributed by atoms with Crippen LogP contribution < -0.4 is 0 Å². The van der Waals surface area contributed by atoms with Crippen molar-refractivity contribution >= 4 is 39.4 Å². The fourth-order valence-corrected chi connectivity index (χ4v) is 3.78. The molecular weight excluding hydrogens is 521 g/mol. The van der Waals surface area contributed by atoms with Crippen LogP contribution in [0, 0.1) is 6.92 Å². The average molecular weight is 547 g/mol. The number of nitrogens with zero attached hydrogens (tertiary/aromatic N) is 4. The lowest BCUT2D eigenvalue weighted by Gasteiger charge is -2.19. The van der Waals surface area contributed by atoms with E-state index in [0.29, 0.717) is 0 Å². The van der Waals surface area contributed by atoms with E-state index in [1.54, 1.807) is 23.5 Å². The Bertz CT molecular complexity index is 1210. The van der Waals surface area contributed by atoms with Gasteiger partial charge >= 0.3 is 15.6 Å². The number of imidazole rings is 1. The van der Waals surface area contributed by atoms with Crippen LogP contribution in [0.15, 0.2) is 70.0 Å². The molecule has 2 heterocycles. The first-order valence-corrected chi connectivity index (χ1v) is 13.9. The summed E-state index contributed by atoms with van der Waals surface area (Å²) in [5, 5.41) is 0.846. The van der Waals surface area contributed by atoms with Gasteiger partial charge in [0.25, 0.3) is 0 Å². The summed E-state index contributed by atoms with van der Waals surface area (Å²) < 4.78 is 57.5. The summed E-state index contributed by atoms with van der Waals surface area (Å²) in [6.45, 7) is 4.16. The largest absolute Gasteiger partial charge is 0.522 e. The number of fused-ring (bicyclic) bond motifs is 2. The van der Waals surface area contributed by atoms with Crippen LogP contribution in [0.3, 0.4) is 0 Å². The maximum Gasteiger partial charge on any atom is 0.522 e. The molecule has 13 heteroatoms. The van der Waals surface area contributed by atoms with Crippen LogP contribution in [-0.4, -0.2) is 64.1 Å². The van der Waals surface area contributed by atoms with Crippen LogP contribution in [0.25, 0.3) is 11.4 Å².